The molecule has 1 amide bonds. The predicted octanol–water partition coefficient (Wildman–Crippen LogP) is 3.01. The highest BCUT2D eigenvalue weighted by Gasteiger charge is 2.39. The number of piperidine rings is 1. The summed E-state index contributed by atoms with van der Waals surface area (Å²) in [5, 5.41) is 4.05. The third-order valence-corrected chi connectivity index (χ3v) is 6.38. The molecule has 1 unspecified atom stereocenters. The maximum Gasteiger partial charge on any atom is 0.300 e. The van der Waals surface area contributed by atoms with E-state index < -0.39 is 11.7 Å². The quantitative estimate of drug-likeness (QED) is 0.544. The number of halogens is 1. The first-order valence-electron chi connectivity index (χ1n) is 11.2. The Hall–Kier alpha value is -3.79. The largest absolute Gasteiger partial charge is 0.486 e. The lowest BCUT2D eigenvalue weighted by atomic mass is 9.98. The molecule has 0 N–H and O–H groups in total. The van der Waals surface area contributed by atoms with Gasteiger partial charge in [0.15, 0.2) is 11.5 Å². The third-order valence-electron chi connectivity index (χ3n) is 6.38. The van der Waals surface area contributed by atoms with Crippen LogP contribution in [0.2, 0.25) is 0 Å². The normalized spacial score (nSPS) is 20.0. The fourth-order valence-electron chi connectivity index (χ4n) is 4.67. The zero-order chi connectivity index (χ0) is 23.2. The number of carbonyl (C=O) groups is 2. The number of amides is 1. The van der Waals surface area contributed by atoms with E-state index in [0.717, 1.165) is 19.4 Å². The maximum absolute atomic E-state index is 13.2. The summed E-state index contributed by atoms with van der Waals surface area (Å²) >= 11 is 0. The minimum atomic E-state index is -0.559. The summed E-state index contributed by atoms with van der Waals surface area (Å²) in [5.74, 6) is 0.501. The topological polar surface area (TPSA) is 98.0 Å². The number of aromatic nitrogens is 2. The van der Waals surface area contributed by atoms with Gasteiger partial charge in [-0.25, -0.2) is 4.39 Å². The van der Waals surface area contributed by atoms with E-state index in [9.17, 15) is 14.0 Å². The molecule has 3 aromatic rings. The van der Waals surface area contributed by atoms with Gasteiger partial charge in [-0.15, -0.1) is 0 Å². The number of rotatable bonds is 4. The van der Waals surface area contributed by atoms with Crippen LogP contribution < -0.4 is 14.4 Å². The SMILES string of the molecule is O=C1C(=O)N(CN2CCCC(c3nc(-c4ccc(F)cc4)no3)C2)c2cc3c(cc21)OCCO3. The van der Waals surface area contributed by atoms with Crippen molar-refractivity contribution in [1.82, 2.24) is 15.0 Å². The summed E-state index contributed by atoms with van der Waals surface area (Å²) in [7, 11) is 0. The van der Waals surface area contributed by atoms with Gasteiger partial charge in [0.2, 0.25) is 11.7 Å². The van der Waals surface area contributed by atoms with Gasteiger partial charge in [-0.2, -0.15) is 4.98 Å². The average Bonchev–Trinajstić information content (AvgIpc) is 3.44. The van der Waals surface area contributed by atoms with Crippen molar-refractivity contribution in [2.24, 2.45) is 0 Å². The molecule has 3 aliphatic rings. The highest BCUT2D eigenvalue weighted by Crippen LogP contribution is 2.41. The van der Waals surface area contributed by atoms with Gasteiger partial charge < -0.3 is 14.0 Å². The number of likely N-dealkylation sites (tertiary alicyclic amines) is 1. The van der Waals surface area contributed by atoms with E-state index in [0.29, 0.717) is 59.8 Å². The van der Waals surface area contributed by atoms with Crippen molar-refractivity contribution in [2.75, 3.05) is 37.9 Å². The number of hydrogen-bond acceptors (Lipinski definition) is 8. The lowest BCUT2D eigenvalue weighted by Gasteiger charge is -2.33. The third kappa shape index (κ3) is 3.60. The van der Waals surface area contributed by atoms with Gasteiger partial charge in [0, 0.05) is 18.2 Å². The van der Waals surface area contributed by atoms with Crippen molar-refractivity contribution >= 4 is 17.4 Å². The Morgan fingerprint density at radius 3 is 2.62 bits per heavy atom. The van der Waals surface area contributed by atoms with Crippen LogP contribution in [0.4, 0.5) is 10.1 Å². The number of benzene rings is 2. The number of Topliss-reactive ketones (excluding diaryl/α,β-unsaturated/α-hetero) is 1. The number of carbonyl (C=O) groups excluding carboxylic acids is 2. The minimum Gasteiger partial charge on any atom is -0.486 e. The molecule has 0 bridgehead atoms. The molecule has 34 heavy (non-hydrogen) atoms. The summed E-state index contributed by atoms with van der Waals surface area (Å²) in [5.41, 5.74) is 1.55. The Balaban J connectivity index is 1.20. The van der Waals surface area contributed by atoms with Gasteiger partial charge in [0.25, 0.3) is 5.78 Å². The van der Waals surface area contributed by atoms with Crippen molar-refractivity contribution in [3.8, 4) is 22.9 Å². The highest BCUT2D eigenvalue weighted by atomic mass is 19.1. The van der Waals surface area contributed by atoms with Crippen molar-refractivity contribution in [1.29, 1.82) is 0 Å². The van der Waals surface area contributed by atoms with Gasteiger partial charge in [0.05, 0.1) is 23.8 Å². The van der Waals surface area contributed by atoms with Crippen LogP contribution in [0.1, 0.15) is 35.0 Å². The van der Waals surface area contributed by atoms with E-state index in [1.54, 1.807) is 24.3 Å². The standard InChI is InChI=1S/C24H21FN4O5/c25-16-5-3-14(4-6-16)22-26-23(34-27-22)15-2-1-7-28(12-15)13-29-18-11-20-19(32-8-9-33-20)10-17(18)21(30)24(29)31/h3-6,10-11,15H,1-2,7-9,12-13H2. The first-order chi connectivity index (χ1) is 16.6. The molecule has 1 atom stereocenters. The van der Waals surface area contributed by atoms with Crippen molar-refractivity contribution < 1.29 is 28.0 Å². The van der Waals surface area contributed by atoms with Gasteiger partial charge >= 0.3 is 5.91 Å². The zero-order valence-corrected chi connectivity index (χ0v) is 18.2. The van der Waals surface area contributed by atoms with Crippen LogP contribution in [0, 0.1) is 5.82 Å². The van der Waals surface area contributed by atoms with Crippen molar-refractivity contribution in [3.05, 3.63) is 53.7 Å². The van der Waals surface area contributed by atoms with Crippen LogP contribution in [0.5, 0.6) is 11.5 Å². The number of fused-ring (bicyclic) bond motifs is 2. The summed E-state index contributed by atoms with van der Waals surface area (Å²) in [6.07, 6.45) is 1.74. The number of nitrogens with zero attached hydrogens (tertiary/aromatic N) is 4. The van der Waals surface area contributed by atoms with Gasteiger partial charge in [-0.3, -0.25) is 19.4 Å². The minimum absolute atomic E-state index is 0.0106. The Morgan fingerprint density at radius 1 is 1.06 bits per heavy atom. The first kappa shape index (κ1) is 20.8. The molecule has 1 fully saturated rings. The average molecular weight is 464 g/mol. The second kappa shape index (κ2) is 8.21. The molecular weight excluding hydrogens is 443 g/mol. The Kier molecular flexibility index (Phi) is 5.02. The van der Waals surface area contributed by atoms with E-state index in [2.05, 4.69) is 15.0 Å². The summed E-state index contributed by atoms with van der Waals surface area (Å²) in [6, 6.07) is 9.23. The molecule has 0 radical (unpaired) electrons. The first-order valence-corrected chi connectivity index (χ1v) is 11.2. The van der Waals surface area contributed by atoms with E-state index in [1.807, 2.05) is 0 Å². The smallest absolute Gasteiger partial charge is 0.300 e. The van der Waals surface area contributed by atoms with Crippen molar-refractivity contribution in [3.63, 3.8) is 0 Å². The molecule has 2 aromatic carbocycles. The Labute approximate surface area is 194 Å². The fraction of sp³-hybridized carbons (Fsp3) is 0.333. The molecule has 1 aromatic heterocycles. The Morgan fingerprint density at radius 2 is 1.82 bits per heavy atom. The zero-order valence-electron chi connectivity index (χ0n) is 18.2. The summed E-state index contributed by atoms with van der Waals surface area (Å²) in [4.78, 5) is 33.5. The van der Waals surface area contributed by atoms with Gasteiger partial charge in [-0.1, -0.05) is 5.16 Å². The molecule has 4 heterocycles. The van der Waals surface area contributed by atoms with E-state index in [-0.39, 0.29) is 18.4 Å². The second-order valence-corrected chi connectivity index (χ2v) is 8.60. The molecule has 1 saturated heterocycles. The molecule has 9 nitrogen and oxygen atoms in total. The summed E-state index contributed by atoms with van der Waals surface area (Å²) in [6.45, 7) is 2.47. The molecule has 0 spiro atoms. The van der Waals surface area contributed by atoms with Gasteiger partial charge in [0.1, 0.15) is 19.0 Å². The van der Waals surface area contributed by atoms with Crippen LogP contribution in [-0.2, 0) is 4.79 Å². The molecule has 0 saturated carbocycles. The molecular formula is C24H21FN4O5. The highest BCUT2D eigenvalue weighted by molar-refractivity contribution is 6.52. The van der Waals surface area contributed by atoms with Crippen LogP contribution in [-0.4, -0.2) is 59.7 Å². The van der Waals surface area contributed by atoms with Crippen LogP contribution >= 0.6 is 0 Å². The lowest BCUT2D eigenvalue weighted by molar-refractivity contribution is -0.114. The number of ether oxygens (including phenoxy) is 2. The number of anilines is 1. The second-order valence-electron chi connectivity index (χ2n) is 8.60. The molecule has 10 heteroatoms. The van der Waals surface area contributed by atoms with E-state index in [4.69, 9.17) is 14.0 Å². The van der Waals surface area contributed by atoms with E-state index >= 15 is 0 Å². The number of ketones is 1. The van der Waals surface area contributed by atoms with E-state index in [1.165, 1.54) is 17.0 Å². The van der Waals surface area contributed by atoms with Crippen molar-refractivity contribution in [2.45, 2.75) is 18.8 Å². The summed E-state index contributed by atoms with van der Waals surface area (Å²) < 4.78 is 29.9. The van der Waals surface area contributed by atoms with Crippen LogP contribution in [0.25, 0.3) is 11.4 Å². The number of hydrogen-bond donors (Lipinski definition) is 0. The molecule has 6 rings (SSSR count). The maximum atomic E-state index is 13.2. The Bertz CT molecular complexity index is 1270. The predicted molar refractivity (Wildman–Crippen MR) is 117 cm³/mol. The van der Waals surface area contributed by atoms with Crippen LogP contribution in [0.15, 0.2) is 40.9 Å². The molecule has 3 aliphatic heterocycles. The monoisotopic (exact) mass is 464 g/mol. The molecule has 0 aliphatic carbocycles. The van der Waals surface area contributed by atoms with Gasteiger partial charge in [-0.05, 0) is 49.7 Å². The lowest BCUT2D eigenvalue weighted by Crippen LogP contribution is -2.44. The molecule has 174 valence electrons. The fourth-order valence-corrected chi connectivity index (χ4v) is 4.67. The van der Waals surface area contributed by atoms with Crippen LogP contribution in [0.3, 0.4) is 0 Å².